The number of aryl methyl sites for hydroxylation is 1. The summed E-state index contributed by atoms with van der Waals surface area (Å²) >= 11 is 0. The number of esters is 1. The number of carbonyl (C=O) groups excluding carboxylic acids is 2. The van der Waals surface area contributed by atoms with Crippen molar-refractivity contribution in [2.24, 2.45) is 0 Å². The highest BCUT2D eigenvalue weighted by Gasteiger charge is 2.22. The SMILES string of the molecule is Cc1cccc(C(C)C)c1NC(=O)[C@H](C)OC(=O)c1ccc2ccccc2n1. The Morgan fingerprint density at radius 1 is 0.964 bits per heavy atom. The fraction of sp³-hybridized carbons (Fsp3) is 0.261. The predicted molar refractivity (Wildman–Crippen MR) is 111 cm³/mol. The number of benzene rings is 2. The van der Waals surface area contributed by atoms with Crippen LogP contribution in [0.3, 0.4) is 0 Å². The van der Waals surface area contributed by atoms with Crippen molar-refractivity contribution in [1.29, 1.82) is 0 Å². The summed E-state index contributed by atoms with van der Waals surface area (Å²) in [6.07, 6.45) is -0.944. The molecule has 3 aromatic rings. The van der Waals surface area contributed by atoms with E-state index in [9.17, 15) is 9.59 Å². The number of nitrogens with one attached hydrogen (secondary N) is 1. The average molecular weight is 376 g/mol. The Labute approximate surface area is 164 Å². The van der Waals surface area contributed by atoms with Gasteiger partial charge in [0.25, 0.3) is 5.91 Å². The van der Waals surface area contributed by atoms with Crippen LogP contribution >= 0.6 is 0 Å². The summed E-state index contributed by atoms with van der Waals surface area (Å²) in [6, 6.07) is 16.8. The largest absolute Gasteiger partial charge is 0.448 e. The van der Waals surface area contributed by atoms with Gasteiger partial charge in [-0.15, -0.1) is 0 Å². The number of carbonyl (C=O) groups is 2. The summed E-state index contributed by atoms with van der Waals surface area (Å²) < 4.78 is 5.35. The first-order chi connectivity index (χ1) is 13.4. The molecule has 0 spiro atoms. The molecule has 1 atom stereocenters. The van der Waals surface area contributed by atoms with Gasteiger partial charge in [0, 0.05) is 11.1 Å². The monoisotopic (exact) mass is 376 g/mol. The molecular formula is C23H24N2O3. The number of pyridine rings is 1. The summed E-state index contributed by atoms with van der Waals surface area (Å²) in [5.41, 5.74) is 3.67. The van der Waals surface area contributed by atoms with Crippen molar-refractivity contribution in [3.63, 3.8) is 0 Å². The molecule has 0 saturated heterocycles. The third kappa shape index (κ3) is 4.19. The zero-order chi connectivity index (χ0) is 20.3. The molecule has 0 aliphatic rings. The standard InChI is InChI=1S/C23H24N2O3/c1-14(2)18-10-7-8-15(3)21(18)25-22(26)16(4)28-23(27)20-13-12-17-9-5-6-11-19(17)24-20/h5-14,16H,1-4H3,(H,25,26)/t16-/m0/s1. The number of ether oxygens (including phenoxy) is 1. The minimum atomic E-state index is -0.944. The number of hydrogen-bond donors (Lipinski definition) is 1. The maximum Gasteiger partial charge on any atom is 0.357 e. The molecule has 28 heavy (non-hydrogen) atoms. The van der Waals surface area contributed by atoms with Gasteiger partial charge in [0.15, 0.2) is 6.10 Å². The second kappa shape index (κ2) is 8.21. The molecule has 1 aromatic heterocycles. The molecule has 0 unspecified atom stereocenters. The molecule has 0 fully saturated rings. The third-order valence-electron chi connectivity index (χ3n) is 4.64. The van der Waals surface area contributed by atoms with Gasteiger partial charge >= 0.3 is 5.97 Å². The van der Waals surface area contributed by atoms with E-state index in [1.165, 1.54) is 0 Å². The molecule has 0 aliphatic heterocycles. The third-order valence-corrected chi connectivity index (χ3v) is 4.64. The van der Waals surface area contributed by atoms with Crippen LogP contribution in [-0.2, 0) is 9.53 Å². The number of amides is 1. The number of rotatable bonds is 5. The first-order valence-electron chi connectivity index (χ1n) is 9.34. The van der Waals surface area contributed by atoms with Gasteiger partial charge < -0.3 is 10.1 Å². The summed E-state index contributed by atoms with van der Waals surface area (Å²) in [5, 5.41) is 3.85. The Kier molecular flexibility index (Phi) is 5.73. The van der Waals surface area contributed by atoms with Gasteiger partial charge in [-0.3, -0.25) is 4.79 Å². The second-order valence-electron chi connectivity index (χ2n) is 7.12. The Morgan fingerprint density at radius 2 is 1.71 bits per heavy atom. The van der Waals surface area contributed by atoms with Crippen LogP contribution in [0.2, 0.25) is 0 Å². The lowest BCUT2D eigenvalue weighted by atomic mass is 9.98. The van der Waals surface area contributed by atoms with Gasteiger partial charge in [0.05, 0.1) is 5.52 Å². The van der Waals surface area contributed by atoms with E-state index in [-0.39, 0.29) is 17.5 Å². The van der Waals surface area contributed by atoms with Gasteiger partial charge in [-0.25, -0.2) is 9.78 Å². The van der Waals surface area contributed by atoms with Crippen molar-refractivity contribution >= 4 is 28.5 Å². The van der Waals surface area contributed by atoms with Crippen LogP contribution in [0.15, 0.2) is 54.6 Å². The molecule has 0 aliphatic carbocycles. The topological polar surface area (TPSA) is 68.3 Å². The van der Waals surface area contributed by atoms with Crippen molar-refractivity contribution in [3.8, 4) is 0 Å². The number of para-hydroxylation sites is 2. The predicted octanol–water partition coefficient (Wildman–Crippen LogP) is 4.85. The van der Waals surface area contributed by atoms with Crippen LogP contribution in [0.4, 0.5) is 5.69 Å². The van der Waals surface area contributed by atoms with E-state index in [0.717, 1.165) is 22.2 Å². The van der Waals surface area contributed by atoms with E-state index in [1.807, 2.05) is 55.5 Å². The van der Waals surface area contributed by atoms with E-state index in [1.54, 1.807) is 13.0 Å². The molecule has 1 heterocycles. The van der Waals surface area contributed by atoms with Crippen LogP contribution in [0.25, 0.3) is 10.9 Å². The molecule has 144 valence electrons. The van der Waals surface area contributed by atoms with Crippen molar-refractivity contribution in [1.82, 2.24) is 4.98 Å². The molecule has 1 N–H and O–H groups in total. The van der Waals surface area contributed by atoms with E-state index in [0.29, 0.717) is 5.52 Å². The van der Waals surface area contributed by atoms with Crippen molar-refractivity contribution in [2.45, 2.75) is 39.7 Å². The number of anilines is 1. The highest BCUT2D eigenvalue weighted by molar-refractivity contribution is 5.98. The molecule has 1 amide bonds. The summed E-state index contributed by atoms with van der Waals surface area (Å²) in [4.78, 5) is 29.4. The van der Waals surface area contributed by atoms with Gasteiger partial charge in [-0.2, -0.15) is 0 Å². The number of fused-ring (bicyclic) bond motifs is 1. The molecule has 0 bridgehead atoms. The van der Waals surface area contributed by atoms with Gasteiger partial charge in [0.2, 0.25) is 0 Å². The lowest BCUT2D eigenvalue weighted by molar-refractivity contribution is -0.123. The smallest absolute Gasteiger partial charge is 0.357 e. The van der Waals surface area contributed by atoms with E-state index in [2.05, 4.69) is 24.1 Å². The normalized spacial score (nSPS) is 12.0. The number of nitrogens with zero attached hydrogens (tertiary/aromatic N) is 1. The fourth-order valence-corrected chi connectivity index (χ4v) is 3.02. The maximum absolute atomic E-state index is 12.6. The van der Waals surface area contributed by atoms with Crippen molar-refractivity contribution < 1.29 is 14.3 Å². The Balaban J connectivity index is 1.72. The lowest BCUT2D eigenvalue weighted by Gasteiger charge is -2.19. The quantitative estimate of drug-likeness (QED) is 0.646. The number of aromatic nitrogens is 1. The fourth-order valence-electron chi connectivity index (χ4n) is 3.02. The summed E-state index contributed by atoms with van der Waals surface area (Å²) in [7, 11) is 0. The molecule has 3 rings (SSSR count). The Morgan fingerprint density at radius 3 is 2.46 bits per heavy atom. The molecule has 0 radical (unpaired) electrons. The summed E-state index contributed by atoms with van der Waals surface area (Å²) in [5.74, 6) is -0.734. The molecule has 5 heteroatoms. The van der Waals surface area contributed by atoms with Gasteiger partial charge in [0.1, 0.15) is 5.69 Å². The second-order valence-corrected chi connectivity index (χ2v) is 7.12. The lowest BCUT2D eigenvalue weighted by Crippen LogP contribution is -2.31. The Hall–Kier alpha value is -3.21. The van der Waals surface area contributed by atoms with Crippen LogP contribution in [0.5, 0.6) is 0 Å². The molecule has 5 nitrogen and oxygen atoms in total. The van der Waals surface area contributed by atoms with E-state index in [4.69, 9.17) is 4.74 Å². The molecule has 2 aromatic carbocycles. The van der Waals surface area contributed by atoms with Gasteiger partial charge in [-0.05, 0) is 43.0 Å². The highest BCUT2D eigenvalue weighted by Crippen LogP contribution is 2.27. The van der Waals surface area contributed by atoms with Crippen LogP contribution in [0, 0.1) is 6.92 Å². The van der Waals surface area contributed by atoms with E-state index >= 15 is 0 Å². The molecular weight excluding hydrogens is 352 g/mol. The Bertz CT molecular complexity index is 1030. The number of hydrogen-bond acceptors (Lipinski definition) is 4. The average Bonchev–Trinajstić information content (AvgIpc) is 2.68. The first kappa shape index (κ1) is 19.5. The zero-order valence-corrected chi connectivity index (χ0v) is 16.5. The van der Waals surface area contributed by atoms with E-state index < -0.39 is 12.1 Å². The zero-order valence-electron chi connectivity index (χ0n) is 16.5. The first-order valence-corrected chi connectivity index (χ1v) is 9.34. The van der Waals surface area contributed by atoms with Gasteiger partial charge in [-0.1, -0.05) is 56.3 Å². The summed E-state index contributed by atoms with van der Waals surface area (Å²) in [6.45, 7) is 7.64. The highest BCUT2D eigenvalue weighted by atomic mass is 16.5. The van der Waals surface area contributed by atoms with Crippen LogP contribution in [0.1, 0.15) is 48.3 Å². The van der Waals surface area contributed by atoms with Crippen LogP contribution in [-0.4, -0.2) is 23.0 Å². The van der Waals surface area contributed by atoms with Crippen molar-refractivity contribution in [3.05, 3.63) is 71.4 Å². The van der Waals surface area contributed by atoms with Crippen LogP contribution < -0.4 is 5.32 Å². The minimum absolute atomic E-state index is 0.178. The van der Waals surface area contributed by atoms with Crippen molar-refractivity contribution in [2.75, 3.05) is 5.32 Å². The minimum Gasteiger partial charge on any atom is -0.448 e. The maximum atomic E-state index is 12.6. The molecule has 0 saturated carbocycles.